The van der Waals surface area contributed by atoms with Gasteiger partial charge in [-0.25, -0.2) is 0 Å². The van der Waals surface area contributed by atoms with Gasteiger partial charge in [0.2, 0.25) is 0 Å². The van der Waals surface area contributed by atoms with Crippen LogP contribution >= 0.6 is 0 Å². The van der Waals surface area contributed by atoms with Gasteiger partial charge in [-0.1, -0.05) is 0 Å². The average Bonchev–Trinajstić information content (AvgIpc) is 2.81. The predicted octanol–water partition coefficient (Wildman–Crippen LogP) is -0.444. The van der Waals surface area contributed by atoms with Gasteiger partial charge in [0.05, 0.1) is 0 Å². The second-order valence-corrected chi connectivity index (χ2v) is 5.65. The number of tetrazole rings is 1. The molecule has 0 amide bonds. The second kappa shape index (κ2) is 5.72. The molecule has 104 valence electrons. The Balaban J connectivity index is 2.22. The molecule has 0 atom stereocenters. The Labute approximate surface area is 118 Å². The zero-order chi connectivity index (χ0) is 14.7. The molecule has 0 radical (unpaired) electrons. The van der Waals surface area contributed by atoms with Gasteiger partial charge in [0.25, 0.3) is 0 Å². The third-order valence-electron chi connectivity index (χ3n) is 2.32. The number of non-ortho nitro benzene ring substituents is 1. The van der Waals surface area contributed by atoms with Crippen LogP contribution in [0.4, 0.5) is 11.4 Å². The van der Waals surface area contributed by atoms with E-state index in [2.05, 4.69) is 15.4 Å². The third-order valence-corrected chi connectivity index (χ3v) is 4.16. The van der Waals surface area contributed by atoms with Crippen LogP contribution in [0.2, 0.25) is 0 Å². The fraction of sp³-hybridized carbons (Fsp3) is 0.222. The minimum atomic E-state index is -0.661. The van der Waals surface area contributed by atoms with Crippen molar-refractivity contribution in [3.63, 3.8) is 0 Å². The molecule has 0 spiro atoms. The van der Waals surface area contributed by atoms with Gasteiger partial charge in [-0.05, 0) is 0 Å². The van der Waals surface area contributed by atoms with E-state index in [-0.39, 0.29) is 26.3 Å². The maximum absolute atomic E-state index is 11.0. The molecule has 1 aromatic heterocycles. The zero-order valence-electron chi connectivity index (χ0n) is 10.2. The summed E-state index contributed by atoms with van der Waals surface area (Å²) in [5.41, 5.74) is -0.136. The van der Waals surface area contributed by atoms with Crippen molar-refractivity contribution in [2.24, 2.45) is 7.05 Å². The second-order valence-electron chi connectivity index (χ2n) is 3.68. The summed E-state index contributed by atoms with van der Waals surface area (Å²) >= 11 is -0.227. The molecular weight excluding hydrogens is 335 g/mol. The molecule has 1 aromatic carbocycles. The van der Waals surface area contributed by atoms with Crippen LogP contribution in [-0.4, -0.2) is 45.0 Å². The SMILES string of the molecule is Cn1nnc([Se]Cc2ccc([N+](=O)[O-])cc2[N+](=O)[O-])n1. The van der Waals surface area contributed by atoms with E-state index in [1.54, 1.807) is 7.05 Å². The summed E-state index contributed by atoms with van der Waals surface area (Å²) in [6.07, 6.45) is 0. The van der Waals surface area contributed by atoms with E-state index in [9.17, 15) is 20.2 Å². The summed E-state index contributed by atoms with van der Waals surface area (Å²) in [4.78, 5) is 21.6. The van der Waals surface area contributed by atoms with Crippen molar-refractivity contribution in [3.05, 3.63) is 44.0 Å². The van der Waals surface area contributed by atoms with Gasteiger partial charge in [0.1, 0.15) is 0 Å². The molecule has 0 unspecified atom stereocenters. The van der Waals surface area contributed by atoms with Crippen LogP contribution < -0.4 is 4.72 Å². The van der Waals surface area contributed by atoms with Crippen LogP contribution in [0.15, 0.2) is 18.2 Å². The summed E-state index contributed by atoms with van der Waals surface area (Å²) in [6.45, 7) is 0. The van der Waals surface area contributed by atoms with Gasteiger partial charge in [-0.2, -0.15) is 0 Å². The van der Waals surface area contributed by atoms with Gasteiger partial charge in [-0.15, -0.1) is 0 Å². The molecule has 10 nitrogen and oxygen atoms in total. The Kier molecular flexibility index (Phi) is 4.01. The first kappa shape index (κ1) is 14.0. The number of rotatable bonds is 5. The number of benzene rings is 1. The van der Waals surface area contributed by atoms with E-state index >= 15 is 0 Å². The number of aromatic nitrogens is 4. The molecule has 0 saturated carbocycles. The molecule has 11 heteroatoms. The van der Waals surface area contributed by atoms with Gasteiger partial charge < -0.3 is 0 Å². The Hall–Kier alpha value is -2.39. The number of hydrogen-bond acceptors (Lipinski definition) is 7. The molecular formula is C9H8N6O4Se. The van der Waals surface area contributed by atoms with E-state index in [1.807, 2.05) is 0 Å². The van der Waals surface area contributed by atoms with Gasteiger partial charge in [-0.3, -0.25) is 0 Å². The summed E-state index contributed by atoms with van der Waals surface area (Å²) in [7, 11) is 1.63. The first-order chi connectivity index (χ1) is 9.47. The van der Waals surface area contributed by atoms with Crippen LogP contribution in [0.1, 0.15) is 5.56 Å². The molecule has 0 N–H and O–H groups in total. The topological polar surface area (TPSA) is 130 Å². The van der Waals surface area contributed by atoms with Gasteiger partial charge in [0, 0.05) is 0 Å². The number of nitro groups is 2. The molecule has 0 fully saturated rings. The quantitative estimate of drug-likeness (QED) is 0.408. The Morgan fingerprint density at radius 2 is 2.05 bits per heavy atom. The zero-order valence-corrected chi connectivity index (χ0v) is 11.9. The first-order valence-electron chi connectivity index (χ1n) is 5.26. The summed E-state index contributed by atoms with van der Waals surface area (Å²) < 4.78 is 0.521. The normalized spacial score (nSPS) is 10.4. The monoisotopic (exact) mass is 344 g/mol. The molecule has 0 bridgehead atoms. The molecule has 20 heavy (non-hydrogen) atoms. The summed E-state index contributed by atoms with van der Waals surface area (Å²) in [5.74, 6) is 0. The van der Waals surface area contributed by atoms with Crippen LogP contribution in [0.3, 0.4) is 0 Å². The van der Waals surface area contributed by atoms with E-state index in [0.29, 0.717) is 15.6 Å². The van der Waals surface area contributed by atoms with Crippen LogP contribution in [0.5, 0.6) is 0 Å². The maximum atomic E-state index is 11.0. The average molecular weight is 343 g/mol. The van der Waals surface area contributed by atoms with Crippen molar-refractivity contribution in [2.75, 3.05) is 0 Å². The van der Waals surface area contributed by atoms with Crippen LogP contribution in [0, 0.1) is 20.2 Å². The Bertz CT molecular complexity index is 672. The van der Waals surface area contributed by atoms with Crippen molar-refractivity contribution in [1.82, 2.24) is 20.2 Å². The standard InChI is InChI=1S/C9H8N6O4Se/c1-13-11-9(10-12-13)20-5-6-2-3-7(14(16)17)4-8(6)15(18)19/h2-4H,5H2,1H3. The summed E-state index contributed by atoms with van der Waals surface area (Å²) in [5, 5.41) is 33.4. The molecule has 0 aliphatic rings. The molecule has 0 aliphatic carbocycles. The minimum absolute atomic E-state index is 0.227. The molecule has 1 heterocycles. The van der Waals surface area contributed by atoms with Crippen LogP contribution in [-0.2, 0) is 12.4 Å². The first-order valence-corrected chi connectivity index (χ1v) is 7.32. The number of nitrogens with zero attached hydrogens (tertiary/aromatic N) is 6. The number of hydrogen-bond donors (Lipinski definition) is 0. The molecule has 0 saturated heterocycles. The number of aryl methyl sites for hydroxylation is 1. The van der Waals surface area contributed by atoms with Crippen molar-refractivity contribution in [1.29, 1.82) is 0 Å². The van der Waals surface area contributed by atoms with Crippen molar-refractivity contribution in [2.45, 2.75) is 5.32 Å². The van der Waals surface area contributed by atoms with E-state index in [4.69, 9.17) is 0 Å². The van der Waals surface area contributed by atoms with E-state index < -0.39 is 9.85 Å². The predicted molar refractivity (Wildman–Crippen MR) is 67.6 cm³/mol. The third kappa shape index (κ3) is 3.13. The summed E-state index contributed by atoms with van der Waals surface area (Å²) in [6, 6.07) is 3.62. The van der Waals surface area contributed by atoms with Crippen LogP contribution in [0.25, 0.3) is 0 Å². The van der Waals surface area contributed by atoms with Gasteiger partial charge in [0.15, 0.2) is 0 Å². The fourth-order valence-corrected chi connectivity index (χ4v) is 3.10. The van der Waals surface area contributed by atoms with Crippen molar-refractivity contribution >= 4 is 31.1 Å². The Morgan fingerprint density at radius 1 is 1.30 bits per heavy atom. The van der Waals surface area contributed by atoms with Crippen molar-refractivity contribution in [3.8, 4) is 0 Å². The van der Waals surface area contributed by atoms with Gasteiger partial charge >= 0.3 is 117 Å². The fourth-order valence-electron chi connectivity index (χ4n) is 1.42. The molecule has 2 rings (SSSR count). The molecule has 2 aromatic rings. The molecule has 0 aliphatic heterocycles. The van der Waals surface area contributed by atoms with E-state index in [0.717, 1.165) is 6.07 Å². The number of nitro benzene ring substituents is 2. The van der Waals surface area contributed by atoms with Crippen molar-refractivity contribution < 1.29 is 9.85 Å². The Morgan fingerprint density at radius 3 is 2.60 bits per heavy atom. The van der Waals surface area contributed by atoms with E-state index in [1.165, 1.54) is 16.9 Å².